The minimum absolute atomic E-state index is 0.0527. The van der Waals surface area contributed by atoms with Gasteiger partial charge in [0.05, 0.1) is 6.54 Å². The molecule has 15 heavy (non-hydrogen) atoms. The summed E-state index contributed by atoms with van der Waals surface area (Å²) in [5.41, 5.74) is 2.10. The minimum atomic E-state index is 0.0527. The summed E-state index contributed by atoms with van der Waals surface area (Å²) in [6.45, 7) is 2.51. The highest BCUT2D eigenvalue weighted by Crippen LogP contribution is 2.05. The lowest BCUT2D eigenvalue weighted by Gasteiger charge is -2.01. The number of halogens is 1. The SMILES string of the molecule is Cc1[nH]n(Cc2ccccc2)c(=O)c1I. The number of aromatic amines is 1. The molecule has 1 aromatic heterocycles. The smallest absolute Gasteiger partial charge is 0.280 e. The van der Waals surface area contributed by atoms with Crippen molar-refractivity contribution in [1.82, 2.24) is 9.78 Å². The molecule has 0 amide bonds. The van der Waals surface area contributed by atoms with Crippen molar-refractivity contribution >= 4 is 22.6 Å². The molecule has 0 saturated carbocycles. The summed E-state index contributed by atoms with van der Waals surface area (Å²) in [4.78, 5) is 11.7. The molecule has 1 heterocycles. The minimum Gasteiger partial charge on any atom is -0.299 e. The van der Waals surface area contributed by atoms with Crippen LogP contribution in [0, 0.1) is 10.5 Å². The lowest BCUT2D eigenvalue weighted by atomic mass is 10.2. The molecule has 1 aromatic carbocycles. The Morgan fingerprint density at radius 3 is 2.53 bits per heavy atom. The van der Waals surface area contributed by atoms with E-state index in [0.29, 0.717) is 6.54 Å². The second kappa shape index (κ2) is 4.22. The Balaban J connectivity index is 2.33. The summed E-state index contributed by atoms with van der Waals surface area (Å²) in [7, 11) is 0. The van der Waals surface area contributed by atoms with Gasteiger partial charge in [-0.3, -0.25) is 9.89 Å². The first-order chi connectivity index (χ1) is 7.18. The monoisotopic (exact) mass is 314 g/mol. The highest BCUT2D eigenvalue weighted by atomic mass is 127. The van der Waals surface area contributed by atoms with Crippen LogP contribution < -0.4 is 5.56 Å². The van der Waals surface area contributed by atoms with E-state index in [2.05, 4.69) is 27.7 Å². The van der Waals surface area contributed by atoms with Crippen LogP contribution in [0.1, 0.15) is 11.3 Å². The second-order valence-electron chi connectivity index (χ2n) is 3.43. The Labute approximate surface area is 101 Å². The van der Waals surface area contributed by atoms with E-state index in [4.69, 9.17) is 0 Å². The molecule has 0 radical (unpaired) electrons. The predicted molar refractivity (Wildman–Crippen MR) is 68.1 cm³/mol. The number of hydrogen-bond acceptors (Lipinski definition) is 1. The topological polar surface area (TPSA) is 37.8 Å². The van der Waals surface area contributed by atoms with Crippen LogP contribution >= 0.6 is 22.6 Å². The fourth-order valence-electron chi connectivity index (χ4n) is 1.46. The summed E-state index contributed by atoms with van der Waals surface area (Å²) in [6.07, 6.45) is 0. The van der Waals surface area contributed by atoms with Gasteiger partial charge in [0.15, 0.2) is 0 Å². The van der Waals surface area contributed by atoms with Crippen LogP contribution in [0.25, 0.3) is 0 Å². The lowest BCUT2D eigenvalue weighted by molar-refractivity contribution is 0.657. The maximum atomic E-state index is 11.7. The zero-order chi connectivity index (χ0) is 10.8. The molecule has 1 N–H and O–H groups in total. The molecule has 0 unspecified atom stereocenters. The summed E-state index contributed by atoms with van der Waals surface area (Å²) < 4.78 is 2.40. The zero-order valence-corrected chi connectivity index (χ0v) is 10.5. The molecule has 0 fully saturated rings. The van der Waals surface area contributed by atoms with Crippen molar-refractivity contribution in [1.29, 1.82) is 0 Å². The standard InChI is InChI=1S/C11H11IN2O/c1-8-10(12)11(15)14(13-8)7-9-5-3-2-4-6-9/h2-6,13H,7H2,1H3. The van der Waals surface area contributed by atoms with Gasteiger partial charge in [-0.25, -0.2) is 4.68 Å². The van der Waals surface area contributed by atoms with Gasteiger partial charge >= 0.3 is 0 Å². The quantitative estimate of drug-likeness (QED) is 0.848. The molecule has 2 aromatic rings. The Bertz CT molecular complexity index is 513. The van der Waals surface area contributed by atoms with Gasteiger partial charge in [0.25, 0.3) is 5.56 Å². The van der Waals surface area contributed by atoms with Gasteiger partial charge in [-0.05, 0) is 35.1 Å². The Morgan fingerprint density at radius 2 is 2.00 bits per heavy atom. The maximum absolute atomic E-state index is 11.7. The van der Waals surface area contributed by atoms with Crippen molar-refractivity contribution in [2.75, 3.05) is 0 Å². The van der Waals surface area contributed by atoms with E-state index in [1.54, 1.807) is 4.68 Å². The molecule has 0 spiro atoms. The molecule has 78 valence electrons. The van der Waals surface area contributed by atoms with Crippen molar-refractivity contribution in [2.45, 2.75) is 13.5 Å². The van der Waals surface area contributed by atoms with E-state index in [1.165, 1.54) is 0 Å². The average Bonchev–Trinajstić information content (AvgIpc) is 2.48. The summed E-state index contributed by atoms with van der Waals surface area (Å²) in [5, 5.41) is 3.06. The third kappa shape index (κ3) is 2.14. The van der Waals surface area contributed by atoms with E-state index in [0.717, 1.165) is 14.8 Å². The summed E-state index contributed by atoms with van der Waals surface area (Å²) in [6, 6.07) is 9.93. The van der Waals surface area contributed by atoms with Crippen LogP contribution in [0.2, 0.25) is 0 Å². The number of aryl methyl sites for hydroxylation is 1. The van der Waals surface area contributed by atoms with Crippen molar-refractivity contribution < 1.29 is 0 Å². The molecular formula is C11H11IN2O. The van der Waals surface area contributed by atoms with Crippen molar-refractivity contribution in [3.63, 3.8) is 0 Å². The molecule has 0 aliphatic carbocycles. The van der Waals surface area contributed by atoms with Crippen molar-refractivity contribution in [3.05, 3.63) is 55.5 Å². The molecular weight excluding hydrogens is 303 g/mol. The number of H-pyrrole nitrogens is 1. The molecule has 4 heteroatoms. The number of aromatic nitrogens is 2. The fourth-order valence-corrected chi connectivity index (χ4v) is 1.87. The van der Waals surface area contributed by atoms with E-state index < -0.39 is 0 Å². The number of rotatable bonds is 2. The Kier molecular flexibility index (Phi) is 2.95. The van der Waals surface area contributed by atoms with Crippen LogP contribution in [0.5, 0.6) is 0 Å². The summed E-state index contributed by atoms with van der Waals surface area (Å²) >= 11 is 2.07. The highest BCUT2D eigenvalue weighted by molar-refractivity contribution is 14.1. The molecule has 2 rings (SSSR count). The number of hydrogen-bond donors (Lipinski definition) is 1. The first-order valence-corrected chi connectivity index (χ1v) is 5.75. The van der Waals surface area contributed by atoms with Crippen LogP contribution in [-0.2, 0) is 6.54 Å². The van der Waals surface area contributed by atoms with E-state index in [1.807, 2.05) is 37.3 Å². The van der Waals surface area contributed by atoms with Gasteiger partial charge in [0, 0.05) is 5.69 Å². The molecule has 0 atom stereocenters. The van der Waals surface area contributed by atoms with Gasteiger partial charge in [-0.15, -0.1) is 0 Å². The third-order valence-electron chi connectivity index (χ3n) is 2.25. The van der Waals surface area contributed by atoms with Crippen LogP contribution in [0.4, 0.5) is 0 Å². The highest BCUT2D eigenvalue weighted by Gasteiger charge is 2.07. The second-order valence-corrected chi connectivity index (χ2v) is 4.51. The number of nitrogens with zero attached hydrogens (tertiary/aromatic N) is 1. The van der Waals surface area contributed by atoms with Gasteiger partial charge in [-0.1, -0.05) is 30.3 Å². The Morgan fingerprint density at radius 1 is 1.33 bits per heavy atom. The maximum Gasteiger partial charge on any atom is 0.280 e. The van der Waals surface area contributed by atoms with Gasteiger partial charge in [0.2, 0.25) is 0 Å². The molecule has 0 saturated heterocycles. The molecule has 0 aliphatic rings. The normalized spacial score (nSPS) is 10.5. The van der Waals surface area contributed by atoms with E-state index >= 15 is 0 Å². The van der Waals surface area contributed by atoms with Crippen molar-refractivity contribution in [3.8, 4) is 0 Å². The van der Waals surface area contributed by atoms with Crippen LogP contribution in [0.15, 0.2) is 35.1 Å². The molecule has 0 aliphatic heterocycles. The third-order valence-corrected chi connectivity index (χ3v) is 3.52. The van der Waals surface area contributed by atoms with Gasteiger partial charge in [0.1, 0.15) is 3.57 Å². The van der Waals surface area contributed by atoms with Crippen molar-refractivity contribution in [2.24, 2.45) is 0 Å². The van der Waals surface area contributed by atoms with E-state index in [9.17, 15) is 4.79 Å². The predicted octanol–water partition coefficient (Wildman–Crippen LogP) is 2.14. The first kappa shape index (κ1) is 10.5. The van der Waals surface area contributed by atoms with E-state index in [-0.39, 0.29) is 5.56 Å². The molecule has 0 bridgehead atoms. The largest absolute Gasteiger partial charge is 0.299 e. The molecule has 3 nitrogen and oxygen atoms in total. The first-order valence-electron chi connectivity index (χ1n) is 4.67. The average molecular weight is 314 g/mol. The summed E-state index contributed by atoms with van der Waals surface area (Å²) in [5.74, 6) is 0. The Hall–Kier alpha value is -1.04. The number of benzene rings is 1. The van der Waals surface area contributed by atoms with Crippen LogP contribution in [0.3, 0.4) is 0 Å². The zero-order valence-electron chi connectivity index (χ0n) is 8.33. The number of nitrogens with one attached hydrogen (secondary N) is 1. The van der Waals surface area contributed by atoms with Crippen LogP contribution in [-0.4, -0.2) is 9.78 Å². The fraction of sp³-hybridized carbons (Fsp3) is 0.182. The van der Waals surface area contributed by atoms with Gasteiger partial charge in [-0.2, -0.15) is 0 Å². The van der Waals surface area contributed by atoms with Gasteiger partial charge < -0.3 is 0 Å². The lowest BCUT2D eigenvalue weighted by Crippen LogP contribution is -2.18.